The van der Waals surface area contributed by atoms with Gasteiger partial charge in [0.1, 0.15) is 5.69 Å². The largest absolute Gasteiger partial charge is 0.452 e. The summed E-state index contributed by atoms with van der Waals surface area (Å²) in [6.07, 6.45) is 3.61. The molecular weight excluding hydrogens is 320 g/mol. The van der Waals surface area contributed by atoms with Crippen LogP contribution in [0.25, 0.3) is 11.0 Å². The van der Waals surface area contributed by atoms with Crippen molar-refractivity contribution in [1.82, 2.24) is 10.5 Å². The van der Waals surface area contributed by atoms with Gasteiger partial charge in [-0.3, -0.25) is 9.59 Å². The Bertz CT molecular complexity index is 755. The Balaban J connectivity index is 1.54. The number of nitrogens with zero attached hydrogens (tertiary/aromatic N) is 1. The number of benzene rings is 1. The van der Waals surface area contributed by atoms with Crippen LogP contribution in [-0.4, -0.2) is 29.2 Å². The number of para-hydroxylation sites is 1. The molecule has 1 amide bonds. The fourth-order valence-corrected chi connectivity index (χ4v) is 3.33. The molecule has 1 N–H and O–H groups in total. The molecule has 0 spiro atoms. The number of aromatic nitrogens is 1. The third kappa shape index (κ3) is 4.18. The van der Waals surface area contributed by atoms with Gasteiger partial charge in [0.2, 0.25) is 0 Å². The highest BCUT2D eigenvalue weighted by atomic mass is 16.5. The molecule has 1 aliphatic carbocycles. The van der Waals surface area contributed by atoms with Gasteiger partial charge in [-0.05, 0) is 37.8 Å². The van der Waals surface area contributed by atoms with E-state index in [2.05, 4.69) is 17.4 Å². The molecule has 1 aromatic carbocycles. The number of esters is 1. The predicted molar refractivity (Wildman–Crippen MR) is 92.8 cm³/mol. The van der Waals surface area contributed by atoms with Gasteiger partial charge in [-0.2, -0.15) is 0 Å². The molecular formula is C19H24N2O4. The Kier molecular flexibility index (Phi) is 5.36. The molecule has 1 heterocycles. The second kappa shape index (κ2) is 7.68. The average molecular weight is 344 g/mol. The van der Waals surface area contributed by atoms with Crippen molar-refractivity contribution in [3.63, 3.8) is 0 Å². The van der Waals surface area contributed by atoms with Crippen molar-refractivity contribution in [3.05, 3.63) is 30.0 Å². The zero-order valence-electron chi connectivity index (χ0n) is 14.7. The Labute approximate surface area is 146 Å². The van der Waals surface area contributed by atoms with Crippen LogP contribution >= 0.6 is 0 Å². The summed E-state index contributed by atoms with van der Waals surface area (Å²) in [4.78, 5) is 24.4. The molecule has 0 aliphatic heterocycles. The summed E-state index contributed by atoms with van der Waals surface area (Å²) in [5.74, 6) is -0.266. The second-order valence-corrected chi connectivity index (χ2v) is 6.81. The maximum atomic E-state index is 12.3. The number of carbonyl (C=O) groups excluding carboxylic acids is 2. The summed E-state index contributed by atoms with van der Waals surface area (Å²) in [6.45, 7) is 3.75. The average Bonchev–Trinajstić information content (AvgIpc) is 3.00. The maximum absolute atomic E-state index is 12.3. The van der Waals surface area contributed by atoms with Crippen molar-refractivity contribution in [3.8, 4) is 0 Å². The Morgan fingerprint density at radius 2 is 2.08 bits per heavy atom. The maximum Gasteiger partial charge on any atom is 0.312 e. The number of ether oxygens (including phenoxy) is 1. The van der Waals surface area contributed by atoms with Crippen molar-refractivity contribution < 1.29 is 18.8 Å². The number of carbonyl (C=O) groups is 2. The number of hydrogen-bond donors (Lipinski definition) is 1. The van der Waals surface area contributed by atoms with E-state index in [1.807, 2.05) is 18.2 Å². The Morgan fingerprint density at radius 3 is 2.88 bits per heavy atom. The molecule has 1 aromatic heterocycles. The van der Waals surface area contributed by atoms with E-state index in [1.54, 1.807) is 13.0 Å². The highest BCUT2D eigenvalue weighted by Crippen LogP contribution is 2.24. The van der Waals surface area contributed by atoms with Gasteiger partial charge < -0.3 is 14.6 Å². The quantitative estimate of drug-likeness (QED) is 0.843. The second-order valence-electron chi connectivity index (χ2n) is 6.81. The van der Waals surface area contributed by atoms with E-state index in [4.69, 9.17) is 9.26 Å². The lowest BCUT2D eigenvalue weighted by molar-refractivity contribution is -0.154. The molecule has 6 heteroatoms. The molecule has 3 rings (SSSR count). The highest BCUT2D eigenvalue weighted by molar-refractivity contribution is 5.86. The zero-order valence-corrected chi connectivity index (χ0v) is 14.7. The van der Waals surface area contributed by atoms with Gasteiger partial charge in [-0.1, -0.05) is 37.1 Å². The molecule has 6 nitrogen and oxygen atoms in total. The van der Waals surface area contributed by atoms with Crippen LogP contribution < -0.4 is 5.32 Å². The van der Waals surface area contributed by atoms with Gasteiger partial charge >= 0.3 is 5.97 Å². The molecule has 2 aromatic rings. The van der Waals surface area contributed by atoms with Crippen LogP contribution in [0.2, 0.25) is 0 Å². The standard InChI is InChI=1S/C19H24N2O4/c1-12-7-3-5-9-15(12)20-19(23)13(2)24-18(22)11-16-14-8-4-6-10-17(14)25-21-16/h4,6,8,10,12-13,15H,3,5,7,9,11H2,1-2H3,(H,20,23)/t12-,13-,15-/m1/s1. The number of amides is 1. The number of rotatable bonds is 5. The summed E-state index contributed by atoms with van der Waals surface area (Å²) < 4.78 is 10.5. The SMILES string of the molecule is C[C@@H]1CCCC[C@H]1NC(=O)[C@@H](C)OC(=O)Cc1noc2ccccc12. The molecule has 0 bridgehead atoms. The van der Waals surface area contributed by atoms with E-state index >= 15 is 0 Å². The third-order valence-corrected chi connectivity index (χ3v) is 4.88. The first kappa shape index (κ1) is 17.5. The normalized spacial score (nSPS) is 21.7. The first-order valence-electron chi connectivity index (χ1n) is 8.87. The first-order valence-corrected chi connectivity index (χ1v) is 8.87. The van der Waals surface area contributed by atoms with Gasteiger partial charge in [0.05, 0.1) is 6.42 Å². The van der Waals surface area contributed by atoms with E-state index in [1.165, 1.54) is 6.42 Å². The molecule has 25 heavy (non-hydrogen) atoms. The van der Waals surface area contributed by atoms with Crippen LogP contribution in [0.3, 0.4) is 0 Å². The summed E-state index contributed by atoms with van der Waals surface area (Å²) in [5, 5.41) is 7.71. The van der Waals surface area contributed by atoms with Crippen LogP contribution in [-0.2, 0) is 20.7 Å². The lowest BCUT2D eigenvalue weighted by Crippen LogP contribution is -2.46. The van der Waals surface area contributed by atoms with Crippen molar-refractivity contribution in [2.45, 2.75) is 58.1 Å². The van der Waals surface area contributed by atoms with Gasteiger partial charge in [0.25, 0.3) is 5.91 Å². The van der Waals surface area contributed by atoms with Crippen LogP contribution in [0.4, 0.5) is 0 Å². The van der Waals surface area contributed by atoms with E-state index in [9.17, 15) is 9.59 Å². The lowest BCUT2D eigenvalue weighted by Gasteiger charge is -2.30. The molecule has 1 aliphatic rings. The molecule has 0 radical (unpaired) electrons. The van der Waals surface area contributed by atoms with Crippen molar-refractivity contribution in [1.29, 1.82) is 0 Å². The van der Waals surface area contributed by atoms with Gasteiger partial charge in [0, 0.05) is 11.4 Å². The minimum Gasteiger partial charge on any atom is -0.452 e. The molecule has 1 fully saturated rings. The van der Waals surface area contributed by atoms with Crippen molar-refractivity contribution in [2.24, 2.45) is 5.92 Å². The topological polar surface area (TPSA) is 81.4 Å². The fourth-order valence-electron chi connectivity index (χ4n) is 3.33. The van der Waals surface area contributed by atoms with E-state index < -0.39 is 12.1 Å². The van der Waals surface area contributed by atoms with Crippen LogP contribution in [0.15, 0.2) is 28.8 Å². The Morgan fingerprint density at radius 1 is 1.32 bits per heavy atom. The summed E-state index contributed by atoms with van der Waals surface area (Å²) in [5.41, 5.74) is 1.15. The van der Waals surface area contributed by atoms with Crippen LogP contribution in [0, 0.1) is 5.92 Å². The van der Waals surface area contributed by atoms with Crippen LogP contribution in [0.5, 0.6) is 0 Å². The summed E-state index contributed by atoms with van der Waals surface area (Å²) in [7, 11) is 0. The van der Waals surface area contributed by atoms with Crippen LogP contribution in [0.1, 0.15) is 45.2 Å². The van der Waals surface area contributed by atoms with Crippen molar-refractivity contribution in [2.75, 3.05) is 0 Å². The summed E-state index contributed by atoms with van der Waals surface area (Å²) >= 11 is 0. The lowest BCUT2D eigenvalue weighted by atomic mass is 9.86. The minimum atomic E-state index is -0.820. The van der Waals surface area contributed by atoms with E-state index in [0.29, 0.717) is 17.2 Å². The zero-order chi connectivity index (χ0) is 17.8. The molecule has 0 saturated heterocycles. The van der Waals surface area contributed by atoms with E-state index in [0.717, 1.165) is 24.6 Å². The molecule has 1 saturated carbocycles. The highest BCUT2D eigenvalue weighted by Gasteiger charge is 2.26. The Hall–Kier alpha value is -2.37. The van der Waals surface area contributed by atoms with Gasteiger partial charge in [-0.25, -0.2) is 0 Å². The number of hydrogen-bond acceptors (Lipinski definition) is 5. The molecule has 134 valence electrons. The molecule has 0 unspecified atom stereocenters. The number of fused-ring (bicyclic) bond motifs is 1. The van der Waals surface area contributed by atoms with Gasteiger partial charge in [0.15, 0.2) is 11.7 Å². The fraction of sp³-hybridized carbons (Fsp3) is 0.526. The molecule has 3 atom stereocenters. The number of nitrogens with one attached hydrogen (secondary N) is 1. The predicted octanol–water partition coefficient (Wildman–Crippen LogP) is 3.00. The summed E-state index contributed by atoms with van der Waals surface area (Å²) in [6, 6.07) is 7.50. The first-order chi connectivity index (χ1) is 12.0. The monoisotopic (exact) mass is 344 g/mol. The smallest absolute Gasteiger partial charge is 0.312 e. The van der Waals surface area contributed by atoms with E-state index in [-0.39, 0.29) is 18.4 Å². The third-order valence-electron chi connectivity index (χ3n) is 4.88. The van der Waals surface area contributed by atoms with Gasteiger partial charge in [-0.15, -0.1) is 0 Å². The minimum absolute atomic E-state index is 0.0194. The van der Waals surface area contributed by atoms with Crippen molar-refractivity contribution >= 4 is 22.8 Å².